The number of carbonyl (C=O) groups excluding carboxylic acids is 2. The summed E-state index contributed by atoms with van der Waals surface area (Å²) in [7, 11) is 3.00. The summed E-state index contributed by atoms with van der Waals surface area (Å²) >= 11 is 1.67. The lowest BCUT2D eigenvalue weighted by molar-refractivity contribution is -0.144. The summed E-state index contributed by atoms with van der Waals surface area (Å²) in [6.45, 7) is 1.04. The van der Waals surface area contributed by atoms with Crippen molar-refractivity contribution in [2.45, 2.75) is 12.5 Å². The van der Waals surface area contributed by atoms with Gasteiger partial charge >= 0.3 is 0 Å². The smallest absolute Gasteiger partial charge is 0.249 e. The molecule has 0 spiro atoms. The van der Waals surface area contributed by atoms with E-state index in [1.54, 1.807) is 35.5 Å². The quantitative estimate of drug-likeness (QED) is 0.658. The van der Waals surface area contributed by atoms with Crippen LogP contribution in [0.15, 0.2) is 35.7 Å². The zero-order chi connectivity index (χ0) is 20.8. The van der Waals surface area contributed by atoms with E-state index in [-0.39, 0.29) is 36.8 Å². The molecule has 1 atom stereocenters. The highest BCUT2D eigenvalue weighted by molar-refractivity contribution is 7.10. The van der Waals surface area contributed by atoms with E-state index in [0.717, 1.165) is 17.5 Å². The number of hydrogen-bond acceptors (Lipinski definition) is 5. The molecule has 0 aliphatic carbocycles. The molecule has 3 rings (SSSR count). The lowest BCUT2D eigenvalue weighted by Gasteiger charge is -2.37. The molecular formula is C21H25FN2O4S. The average Bonchev–Trinajstić information content (AvgIpc) is 3.20. The molecule has 1 aliphatic heterocycles. The molecule has 156 valence electrons. The van der Waals surface area contributed by atoms with Crippen LogP contribution in [0.5, 0.6) is 0 Å². The van der Waals surface area contributed by atoms with Crippen LogP contribution in [0.3, 0.4) is 0 Å². The van der Waals surface area contributed by atoms with E-state index >= 15 is 0 Å². The van der Waals surface area contributed by atoms with Crippen LogP contribution in [-0.4, -0.2) is 68.7 Å². The Labute approximate surface area is 173 Å². The molecule has 1 unspecified atom stereocenters. The fourth-order valence-corrected chi connectivity index (χ4v) is 4.46. The van der Waals surface area contributed by atoms with E-state index in [9.17, 15) is 14.0 Å². The largest absolute Gasteiger partial charge is 0.383 e. The van der Waals surface area contributed by atoms with Gasteiger partial charge in [0.15, 0.2) is 0 Å². The van der Waals surface area contributed by atoms with E-state index in [2.05, 4.69) is 0 Å². The van der Waals surface area contributed by atoms with Crippen LogP contribution in [-0.2, 0) is 25.5 Å². The third-order valence-corrected chi connectivity index (χ3v) is 5.98. The van der Waals surface area contributed by atoms with Crippen molar-refractivity contribution in [3.05, 3.63) is 57.5 Å². The standard InChI is InChI=1S/C21H25FN2O4S/c1-27-11-10-23(20(26)14-28-2)13-19(25)24-9-7-18-17(8-12-29-18)21(24)15-3-5-16(22)6-4-15/h3-6,8,12,21H,7,9-11,13-14H2,1-2H3. The van der Waals surface area contributed by atoms with Gasteiger partial charge in [-0.05, 0) is 41.1 Å². The van der Waals surface area contributed by atoms with Crippen LogP contribution in [0.4, 0.5) is 4.39 Å². The number of halogens is 1. The minimum atomic E-state index is -0.316. The van der Waals surface area contributed by atoms with Crippen molar-refractivity contribution in [1.82, 2.24) is 9.80 Å². The number of ether oxygens (including phenoxy) is 2. The maximum Gasteiger partial charge on any atom is 0.249 e. The van der Waals surface area contributed by atoms with Crippen LogP contribution in [0, 0.1) is 5.82 Å². The van der Waals surface area contributed by atoms with Gasteiger partial charge in [0, 0.05) is 32.2 Å². The number of amides is 2. The van der Waals surface area contributed by atoms with Gasteiger partial charge in [0.25, 0.3) is 0 Å². The zero-order valence-corrected chi connectivity index (χ0v) is 17.4. The van der Waals surface area contributed by atoms with Crippen LogP contribution in [0.25, 0.3) is 0 Å². The summed E-state index contributed by atoms with van der Waals surface area (Å²) in [5.74, 6) is -0.731. The van der Waals surface area contributed by atoms with Gasteiger partial charge in [-0.2, -0.15) is 0 Å². The van der Waals surface area contributed by atoms with Gasteiger partial charge < -0.3 is 19.3 Å². The monoisotopic (exact) mass is 420 g/mol. The van der Waals surface area contributed by atoms with Crippen LogP contribution >= 0.6 is 11.3 Å². The topological polar surface area (TPSA) is 59.1 Å². The Morgan fingerprint density at radius 2 is 1.97 bits per heavy atom. The van der Waals surface area contributed by atoms with Gasteiger partial charge in [0.1, 0.15) is 12.4 Å². The van der Waals surface area contributed by atoms with Gasteiger partial charge in [0.05, 0.1) is 19.2 Å². The number of hydrogen-bond donors (Lipinski definition) is 0. The van der Waals surface area contributed by atoms with E-state index in [0.29, 0.717) is 19.7 Å². The minimum Gasteiger partial charge on any atom is -0.383 e. The number of thiophene rings is 1. The van der Waals surface area contributed by atoms with Gasteiger partial charge in [0.2, 0.25) is 11.8 Å². The molecule has 8 heteroatoms. The number of fused-ring (bicyclic) bond motifs is 1. The van der Waals surface area contributed by atoms with Gasteiger partial charge in [-0.25, -0.2) is 4.39 Å². The number of benzene rings is 1. The lowest BCUT2D eigenvalue weighted by Crippen LogP contribution is -2.48. The highest BCUT2D eigenvalue weighted by atomic mass is 32.1. The van der Waals surface area contributed by atoms with E-state index in [1.807, 2.05) is 11.4 Å². The predicted octanol–water partition coefficient (Wildman–Crippen LogP) is 2.48. The van der Waals surface area contributed by atoms with Crippen LogP contribution in [0.2, 0.25) is 0 Å². The second kappa shape index (κ2) is 9.96. The number of rotatable bonds is 8. The molecule has 2 heterocycles. The SMILES string of the molecule is COCCN(CC(=O)N1CCc2sccc2C1c1ccc(F)cc1)C(=O)COC. The van der Waals surface area contributed by atoms with Crippen LogP contribution < -0.4 is 0 Å². The summed E-state index contributed by atoms with van der Waals surface area (Å²) in [4.78, 5) is 30.1. The fraction of sp³-hybridized carbons (Fsp3) is 0.429. The second-order valence-corrected chi connectivity index (χ2v) is 7.83. The summed E-state index contributed by atoms with van der Waals surface area (Å²) in [6, 6.07) is 7.97. The van der Waals surface area contributed by atoms with Crippen molar-refractivity contribution in [2.24, 2.45) is 0 Å². The molecule has 1 aromatic carbocycles. The van der Waals surface area contributed by atoms with E-state index in [1.165, 1.54) is 29.0 Å². The molecule has 0 N–H and O–H groups in total. The molecule has 2 amide bonds. The molecule has 1 aromatic heterocycles. The summed E-state index contributed by atoms with van der Waals surface area (Å²) in [6.07, 6.45) is 0.764. The molecular weight excluding hydrogens is 395 g/mol. The van der Waals surface area contributed by atoms with Gasteiger partial charge in [-0.1, -0.05) is 12.1 Å². The third-order valence-electron chi connectivity index (χ3n) is 4.98. The Morgan fingerprint density at radius 1 is 1.21 bits per heavy atom. The fourth-order valence-electron chi connectivity index (χ4n) is 3.55. The molecule has 0 fully saturated rings. The van der Waals surface area contributed by atoms with Crippen molar-refractivity contribution in [3.63, 3.8) is 0 Å². The first-order chi connectivity index (χ1) is 14.0. The molecule has 1 aliphatic rings. The summed E-state index contributed by atoms with van der Waals surface area (Å²) in [5, 5.41) is 2.02. The Morgan fingerprint density at radius 3 is 2.66 bits per heavy atom. The van der Waals surface area contributed by atoms with E-state index < -0.39 is 0 Å². The average molecular weight is 421 g/mol. The summed E-state index contributed by atoms with van der Waals surface area (Å²) < 4.78 is 23.5. The van der Waals surface area contributed by atoms with Crippen molar-refractivity contribution in [2.75, 3.05) is 47.1 Å². The summed E-state index contributed by atoms with van der Waals surface area (Å²) in [5.41, 5.74) is 1.92. The van der Waals surface area contributed by atoms with Crippen molar-refractivity contribution >= 4 is 23.2 Å². The second-order valence-electron chi connectivity index (χ2n) is 6.83. The first-order valence-electron chi connectivity index (χ1n) is 9.42. The zero-order valence-electron chi connectivity index (χ0n) is 16.6. The number of methoxy groups -OCH3 is 2. The van der Waals surface area contributed by atoms with Gasteiger partial charge in [-0.3, -0.25) is 9.59 Å². The van der Waals surface area contributed by atoms with Crippen LogP contribution in [0.1, 0.15) is 22.0 Å². The maximum atomic E-state index is 13.5. The molecule has 0 radical (unpaired) electrons. The highest BCUT2D eigenvalue weighted by Crippen LogP contribution is 2.37. The predicted molar refractivity (Wildman–Crippen MR) is 108 cm³/mol. The Balaban J connectivity index is 1.85. The number of nitrogens with zero attached hydrogens (tertiary/aromatic N) is 2. The molecule has 2 aromatic rings. The van der Waals surface area contributed by atoms with Gasteiger partial charge in [-0.15, -0.1) is 11.3 Å². The first-order valence-corrected chi connectivity index (χ1v) is 10.3. The molecule has 6 nitrogen and oxygen atoms in total. The Kier molecular flexibility index (Phi) is 7.35. The van der Waals surface area contributed by atoms with E-state index in [4.69, 9.17) is 9.47 Å². The highest BCUT2D eigenvalue weighted by Gasteiger charge is 2.33. The lowest BCUT2D eigenvalue weighted by atomic mass is 9.93. The molecule has 0 saturated carbocycles. The third kappa shape index (κ3) is 5.01. The number of carbonyl (C=O) groups is 2. The van der Waals surface area contributed by atoms with Crippen molar-refractivity contribution < 1.29 is 23.5 Å². The Hall–Kier alpha value is -2.29. The molecule has 0 saturated heterocycles. The first kappa shape index (κ1) is 21.4. The van der Waals surface area contributed by atoms with Crippen molar-refractivity contribution in [1.29, 1.82) is 0 Å². The Bertz CT molecular complexity index is 839. The molecule has 29 heavy (non-hydrogen) atoms. The normalized spacial score (nSPS) is 15.8. The minimum absolute atomic E-state index is 0.0529. The maximum absolute atomic E-state index is 13.5. The van der Waals surface area contributed by atoms with Crippen molar-refractivity contribution in [3.8, 4) is 0 Å². The molecule has 0 bridgehead atoms.